The molecule has 3 heterocycles. The summed E-state index contributed by atoms with van der Waals surface area (Å²) in [5, 5.41) is 0. The Labute approximate surface area is 160 Å². The number of carbonyl (C=O) groups is 1. The fourth-order valence-electron chi connectivity index (χ4n) is 3.72. The summed E-state index contributed by atoms with van der Waals surface area (Å²) in [6, 6.07) is 7.01. The number of halogens is 3. The number of rotatable bonds is 3. The maximum absolute atomic E-state index is 13.0. The first-order chi connectivity index (χ1) is 13.3. The highest BCUT2D eigenvalue weighted by atomic mass is 19.4. The zero-order valence-electron chi connectivity index (χ0n) is 15.5. The average molecular weight is 387 g/mol. The van der Waals surface area contributed by atoms with Crippen molar-refractivity contribution < 1.29 is 18.0 Å². The van der Waals surface area contributed by atoms with E-state index in [9.17, 15) is 18.0 Å². The minimum Gasteiger partial charge on any atom is -0.341 e. The van der Waals surface area contributed by atoms with Gasteiger partial charge in [0.1, 0.15) is 6.54 Å². The van der Waals surface area contributed by atoms with E-state index in [4.69, 9.17) is 0 Å². The molecule has 0 saturated carbocycles. The number of benzene rings is 1. The number of nitrogens with zero attached hydrogens (tertiary/aromatic N) is 3. The monoisotopic (exact) mass is 387 g/mol. The lowest BCUT2D eigenvalue weighted by atomic mass is 10.0. The molecular formula is C21H20F3N3O. The number of aromatic nitrogens is 2. The molecule has 1 amide bonds. The summed E-state index contributed by atoms with van der Waals surface area (Å²) in [5.74, 6) is 0.0545. The van der Waals surface area contributed by atoms with Gasteiger partial charge < -0.3 is 9.47 Å². The molecule has 0 aliphatic carbocycles. The molecule has 1 aromatic carbocycles. The van der Waals surface area contributed by atoms with Crippen LogP contribution < -0.4 is 0 Å². The van der Waals surface area contributed by atoms with Gasteiger partial charge in [-0.3, -0.25) is 9.78 Å². The number of amides is 1. The van der Waals surface area contributed by atoms with Crippen molar-refractivity contribution in [2.45, 2.75) is 32.5 Å². The molecule has 2 aromatic heterocycles. The van der Waals surface area contributed by atoms with E-state index in [1.807, 2.05) is 28.7 Å². The van der Waals surface area contributed by atoms with Gasteiger partial charge in [-0.25, -0.2) is 0 Å². The molecule has 28 heavy (non-hydrogen) atoms. The number of aryl methyl sites for hydroxylation is 1. The minimum absolute atomic E-state index is 0.0545. The molecule has 3 aromatic rings. The van der Waals surface area contributed by atoms with Crippen LogP contribution in [-0.4, -0.2) is 33.4 Å². The van der Waals surface area contributed by atoms with Crippen molar-refractivity contribution in [3.8, 4) is 11.1 Å². The Bertz CT molecular complexity index is 1030. The molecule has 146 valence electrons. The first kappa shape index (κ1) is 18.5. The molecule has 0 atom stereocenters. The summed E-state index contributed by atoms with van der Waals surface area (Å²) < 4.78 is 40.9. The molecule has 0 unspecified atom stereocenters. The molecule has 1 fully saturated rings. The van der Waals surface area contributed by atoms with Gasteiger partial charge in [-0.15, -0.1) is 0 Å². The molecule has 7 heteroatoms. The molecule has 1 saturated heterocycles. The number of carbonyl (C=O) groups excluding carboxylic acids is 1. The fraction of sp³-hybridized carbons (Fsp3) is 0.333. The molecule has 1 aliphatic heterocycles. The third kappa shape index (κ3) is 3.48. The van der Waals surface area contributed by atoms with Gasteiger partial charge in [0.25, 0.3) is 0 Å². The predicted molar refractivity (Wildman–Crippen MR) is 101 cm³/mol. The van der Waals surface area contributed by atoms with Gasteiger partial charge in [0.05, 0.1) is 16.6 Å². The molecule has 0 radical (unpaired) electrons. The van der Waals surface area contributed by atoms with E-state index in [0.717, 1.165) is 54.7 Å². The topological polar surface area (TPSA) is 38.1 Å². The molecule has 4 nitrogen and oxygen atoms in total. The zero-order chi connectivity index (χ0) is 19.9. The van der Waals surface area contributed by atoms with E-state index in [0.29, 0.717) is 11.1 Å². The second-order valence-electron chi connectivity index (χ2n) is 7.20. The van der Waals surface area contributed by atoms with E-state index in [2.05, 4.69) is 4.98 Å². The van der Waals surface area contributed by atoms with Gasteiger partial charge in [0, 0.05) is 31.0 Å². The molecule has 0 bridgehead atoms. The van der Waals surface area contributed by atoms with Crippen LogP contribution in [0, 0.1) is 6.92 Å². The molecule has 1 aliphatic rings. The summed E-state index contributed by atoms with van der Waals surface area (Å²) >= 11 is 0. The highest BCUT2D eigenvalue weighted by Crippen LogP contribution is 2.33. The number of likely N-dealkylation sites (tertiary alicyclic amines) is 1. The molecule has 4 rings (SSSR count). The average Bonchev–Trinajstić information content (AvgIpc) is 3.30. The second-order valence-corrected chi connectivity index (χ2v) is 7.20. The van der Waals surface area contributed by atoms with Crippen molar-refractivity contribution in [3.05, 3.63) is 53.9 Å². The van der Waals surface area contributed by atoms with Crippen LogP contribution in [0.4, 0.5) is 13.2 Å². The van der Waals surface area contributed by atoms with Crippen LogP contribution >= 0.6 is 0 Å². The first-order valence-electron chi connectivity index (χ1n) is 9.24. The normalized spacial score (nSPS) is 14.8. The van der Waals surface area contributed by atoms with Crippen LogP contribution in [0.1, 0.15) is 24.0 Å². The standard InChI is InChI=1S/C21H20F3N3O/c1-14-12-27(13-19(28)26-7-2-3-8-26)18-10-16(11-25-20(14)18)15-5-4-6-17(9-15)21(22,23)24/h4-6,9-12H,2-3,7-8,13H2,1H3. The Balaban J connectivity index is 1.71. The maximum atomic E-state index is 13.0. The van der Waals surface area contributed by atoms with Crippen molar-refractivity contribution in [2.75, 3.05) is 13.1 Å². The van der Waals surface area contributed by atoms with Gasteiger partial charge in [-0.2, -0.15) is 13.2 Å². The second kappa shape index (κ2) is 6.96. The lowest BCUT2D eigenvalue weighted by Crippen LogP contribution is -2.30. The van der Waals surface area contributed by atoms with Crippen molar-refractivity contribution in [2.24, 2.45) is 0 Å². The van der Waals surface area contributed by atoms with E-state index in [1.54, 1.807) is 12.3 Å². The number of hydrogen-bond acceptors (Lipinski definition) is 2. The fourth-order valence-corrected chi connectivity index (χ4v) is 3.72. The van der Waals surface area contributed by atoms with Gasteiger partial charge >= 0.3 is 6.18 Å². The number of alkyl halides is 3. The van der Waals surface area contributed by atoms with Gasteiger partial charge in [0.15, 0.2) is 0 Å². The van der Waals surface area contributed by atoms with E-state index < -0.39 is 11.7 Å². The van der Waals surface area contributed by atoms with Gasteiger partial charge in [0.2, 0.25) is 5.91 Å². The molecule has 0 N–H and O–H groups in total. The van der Waals surface area contributed by atoms with Gasteiger partial charge in [-0.05, 0) is 49.1 Å². The Hall–Kier alpha value is -2.83. The number of pyridine rings is 1. The summed E-state index contributed by atoms with van der Waals surface area (Å²) in [7, 11) is 0. The minimum atomic E-state index is -4.40. The van der Waals surface area contributed by atoms with E-state index in [1.165, 1.54) is 6.07 Å². The zero-order valence-corrected chi connectivity index (χ0v) is 15.5. The van der Waals surface area contributed by atoms with Crippen molar-refractivity contribution in [1.29, 1.82) is 0 Å². The quantitative estimate of drug-likeness (QED) is 0.656. The smallest absolute Gasteiger partial charge is 0.341 e. The maximum Gasteiger partial charge on any atom is 0.416 e. The summed E-state index contributed by atoms with van der Waals surface area (Å²) in [4.78, 5) is 18.8. The van der Waals surface area contributed by atoms with Gasteiger partial charge in [-0.1, -0.05) is 12.1 Å². The lowest BCUT2D eigenvalue weighted by Gasteiger charge is -2.16. The van der Waals surface area contributed by atoms with Crippen LogP contribution in [0.2, 0.25) is 0 Å². The first-order valence-corrected chi connectivity index (χ1v) is 9.24. The Morgan fingerprint density at radius 2 is 1.89 bits per heavy atom. The van der Waals surface area contributed by atoms with Crippen molar-refractivity contribution in [3.63, 3.8) is 0 Å². The van der Waals surface area contributed by atoms with Crippen LogP contribution in [0.25, 0.3) is 22.2 Å². The Morgan fingerprint density at radius 3 is 2.61 bits per heavy atom. The third-order valence-corrected chi connectivity index (χ3v) is 5.19. The van der Waals surface area contributed by atoms with Crippen molar-refractivity contribution in [1.82, 2.24) is 14.5 Å². The predicted octanol–water partition coefficient (Wildman–Crippen LogP) is 4.65. The van der Waals surface area contributed by atoms with Crippen LogP contribution in [0.3, 0.4) is 0 Å². The highest BCUT2D eigenvalue weighted by Gasteiger charge is 2.30. The summed E-state index contributed by atoms with van der Waals surface area (Å²) in [6.07, 6.45) is 1.11. The number of fused-ring (bicyclic) bond motifs is 1. The lowest BCUT2D eigenvalue weighted by molar-refractivity contribution is -0.137. The van der Waals surface area contributed by atoms with Crippen LogP contribution in [-0.2, 0) is 17.5 Å². The Kier molecular flexibility index (Phi) is 4.61. The highest BCUT2D eigenvalue weighted by molar-refractivity contribution is 5.86. The third-order valence-electron chi connectivity index (χ3n) is 5.19. The van der Waals surface area contributed by atoms with Crippen LogP contribution in [0.5, 0.6) is 0 Å². The summed E-state index contributed by atoms with van der Waals surface area (Å²) in [5.41, 5.74) is 2.78. The van der Waals surface area contributed by atoms with Crippen LogP contribution in [0.15, 0.2) is 42.7 Å². The van der Waals surface area contributed by atoms with Crippen molar-refractivity contribution >= 4 is 16.9 Å². The van der Waals surface area contributed by atoms with E-state index >= 15 is 0 Å². The largest absolute Gasteiger partial charge is 0.416 e. The number of hydrogen-bond donors (Lipinski definition) is 0. The molecular weight excluding hydrogens is 367 g/mol. The summed E-state index contributed by atoms with van der Waals surface area (Å²) in [6.45, 7) is 3.68. The van der Waals surface area contributed by atoms with E-state index in [-0.39, 0.29) is 12.5 Å². The molecule has 0 spiro atoms. The SMILES string of the molecule is Cc1cn(CC(=O)N2CCCC2)c2cc(-c3cccc(C(F)(F)F)c3)cnc12. The Morgan fingerprint density at radius 1 is 1.14 bits per heavy atom.